The minimum Gasteiger partial charge on any atom is -0.282 e. The van der Waals surface area contributed by atoms with Gasteiger partial charge in [0.2, 0.25) is 0 Å². The second kappa shape index (κ2) is 7.79. The van der Waals surface area contributed by atoms with Crippen LogP contribution >= 0.6 is 11.6 Å². The predicted molar refractivity (Wildman–Crippen MR) is 119 cm³/mol. The van der Waals surface area contributed by atoms with Crippen molar-refractivity contribution in [1.29, 1.82) is 0 Å². The molecule has 5 rings (SSSR count). The molecule has 4 heteroatoms. The molecule has 0 spiro atoms. The molecular formula is C25H26ClN3. The third kappa shape index (κ3) is 3.64. The van der Waals surface area contributed by atoms with Gasteiger partial charge < -0.3 is 0 Å². The first-order valence-corrected chi connectivity index (χ1v) is 11.0. The number of hydrogen-bond acceptors (Lipinski definition) is 2. The maximum Gasteiger partial charge on any atom is 0.0871 e. The predicted octanol–water partition coefficient (Wildman–Crippen LogP) is 6.17. The minimum atomic E-state index is 0.602. The lowest BCUT2D eigenvalue weighted by molar-refractivity contribution is 0.722. The lowest BCUT2D eigenvalue weighted by Crippen LogP contribution is -2.09. The smallest absolute Gasteiger partial charge is 0.0871 e. The number of nitrogens with zero attached hydrogens (tertiary/aromatic N) is 2. The number of H-pyrrole nitrogens is 1. The number of nitrogens with one attached hydrogen (secondary N) is 1. The zero-order chi connectivity index (χ0) is 19.8. The van der Waals surface area contributed by atoms with Crippen LogP contribution in [0.15, 0.2) is 47.5 Å². The summed E-state index contributed by atoms with van der Waals surface area (Å²) in [5.41, 5.74) is 9.85. The number of rotatable bonds is 2. The van der Waals surface area contributed by atoms with Gasteiger partial charge in [0.25, 0.3) is 0 Å². The number of hydrogen-bond donors (Lipinski definition) is 1. The van der Waals surface area contributed by atoms with Crippen LogP contribution in [0.2, 0.25) is 5.02 Å². The fraction of sp³-hybridized carbons (Fsp3) is 0.360. The van der Waals surface area contributed by atoms with Gasteiger partial charge >= 0.3 is 0 Å². The molecule has 2 aliphatic rings. The molecule has 2 aromatic carbocycles. The van der Waals surface area contributed by atoms with Gasteiger partial charge in [0, 0.05) is 21.8 Å². The number of halogens is 1. The van der Waals surface area contributed by atoms with Gasteiger partial charge in [-0.05, 0) is 73.4 Å². The summed E-state index contributed by atoms with van der Waals surface area (Å²) in [6, 6.07) is 15.2. The van der Waals surface area contributed by atoms with Crippen LogP contribution in [-0.2, 0) is 19.4 Å². The first kappa shape index (κ1) is 18.6. The fourth-order valence-corrected chi connectivity index (χ4v) is 4.99. The summed E-state index contributed by atoms with van der Waals surface area (Å²) in [6.45, 7) is 2.71. The number of aliphatic imine (C=N–C) groups is 1. The third-order valence-electron chi connectivity index (χ3n) is 6.52. The molecule has 1 aliphatic heterocycles. The Labute approximate surface area is 177 Å². The molecule has 1 aliphatic carbocycles. The topological polar surface area (TPSA) is 41.0 Å². The van der Waals surface area contributed by atoms with Crippen molar-refractivity contribution in [3.63, 3.8) is 0 Å². The van der Waals surface area contributed by atoms with E-state index >= 15 is 0 Å². The maximum atomic E-state index is 6.16. The fourth-order valence-electron chi connectivity index (χ4n) is 4.86. The van der Waals surface area contributed by atoms with Gasteiger partial charge in [-0.15, -0.1) is 0 Å². The second-order valence-electron chi connectivity index (χ2n) is 8.34. The van der Waals surface area contributed by atoms with Gasteiger partial charge in [-0.25, -0.2) is 0 Å². The Morgan fingerprint density at radius 3 is 2.59 bits per heavy atom. The Bertz CT molecular complexity index is 1060. The Balaban J connectivity index is 1.65. The normalized spacial score (nSPS) is 17.1. The Morgan fingerprint density at radius 1 is 1.00 bits per heavy atom. The van der Waals surface area contributed by atoms with E-state index in [9.17, 15) is 0 Å². The molecular weight excluding hydrogens is 378 g/mol. The summed E-state index contributed by atoms with van der Waals surface area (Å²) in [7, 11) is 0. The van der Waals surface area contributed by atoms with E-state index in [0.717, 1.165) is 40.5 Å². The highest BCUT2D eigenvalue weighted by molar-refractivity contribution is 6.30. The number of aryl methyl sites for hydroxylation is 2. The summed E-state index contributed by atoms with van der Waals surface area (Å²) >= 11 is 6.16. The molecule has 0 amide bonds. The van der Waals surface area contributed by atoms with E-state index < -0.39 is 0 Å². The van der Waals surface area contributed by atoms with E-state index in [0.29, 0.717) is 12.5 Å². The Morgan fingerprint density at radius 2 is 1.79 bits per heavy atom. The van der Waals surface area contributed by atoms with E-state index in [2.05, 4.69) is 47.5 Å². The number of aromatic amines is 1. The Hall–Kier alpha value is -2.39. The summed E-state index contributed by atoms with van der Waals surface area (Å²) in [4.78, 5) is 5.10. The van der Waals surface area contributed by atoms with Crippen LogP contribution in [0.3, 0.4) is 0 Å². The molecule has 29 heavy (non-hydrogen) atoms. The summed E-state index contributed by atoms with van der Waals surface area (Å²) < 4.78 is 0. The van der Waals surface area contributed by atoms with E-state index in [1.165, 1.54) is 47.9 Å². The average molecular weight is 404 g/mol. The molecule has 1 aromatic heterocycles. The maximum absolute atomic E-state index is 6.16. The van der Waals surface area contributed by atoms with Crippen molar-refractivity contribution in [2.24, 2.45) is 4.99 Å². The van der Waals surface area contributed by atoms with Crippen molar-refractivity contribution in [2.75, 3.05) is 0 Å². The molecule has 0 unspecified atom stereocenters. The van der Waals surface area contributed by atoms with Crippen molar-refractivity contribution < 1.29 is 0 Å². The highest BCUT2D eigenvalue weighted by Gasteiger charge is 2.22. The van der Waals surface area contributed by atoms with E-state index in [-0.39, 0.29) is 0 Å². The van der Waals surface area contributed by atoms with Crippen LogP contribution in [0.1, 0.15) is 70.8 Å². The zero-order valence-electron chi connectivity index (χ0n) is 16.8. The first-order chi connectivity index (χ1) is 14.2. The van der Waals surface area contributed by atoms with E-state index in [1.807, 2.05) is 12.1 Å². The zero-order valence-corrected chi connectivity index (χ0v) is 17.6. The summed E-state index contributed by atoms with van der Waals surface area (Å²) in [5.74, 6) is 0.692. The van der Waals surface area contributed by atoms with Gasteiger partial charge in [-0.3, -0.25) is 10.1 Å². The molecule has 1 N–H and O–H groups in total. The van der Waals surface area contributed by atoms with Crippen LogP contribution in [-0.4, -0.2) is 15.9 Å². The van der Waals surface area contributed by atoms with Crippen LogP contribution in [0, 0.1) is 6.92 Å². The summed E-state index contributed by atoms with van der Waals surface area (Å²) in [6.07, 6.45) is 7.30. The van der Waals surface area contributed by atoms with Crippen molar-refractivity contribution in [2.45, 2.75) is 57.9 Å². The second-order valence-corrected chi connectivity index (χ2v) is 8.78. The summed E-state index contributed by atoms with van der Waals surface area (Å²) in [5, 5.41) is 8.43. The van der Waals surface area contributed by atoms with Crippen LogP contribution in [0.5, 0.6) is 0 Å². The van der Waals surface area contributed by atoms with Crippen LogP contribution < -0.4 is 0 Å². The van der Waals surface area contributed by atoms with Gasteiger partial charge in [0.05, 0.1) is 18.0 Å². The molecule has 148 valence electrons. The van der Waals surface area contributed by atoms with Crippen molar-refractivity contribution >= 4 is 17.3 Å². The Kier molecular flexibility index (Phi) is 5.01. The molecule has 0 atom stereocenters. The van der Waals surface area contributed by atoms with E-state index in [4.69, 9.17) is 16.6 Å². The molecule has 0 saturated heterocycles. The van der Waals surface area contributed by atoms with Crippen molar-refractivity contribution in [3.05, 3.63) is 86.7 Å². The molecule has 3 nitrogen and oxygen atoms in total. The lowest BCUT2D eigenvalue weighted by atomic mass is 9.88. The van der Waals surface area contributed by atoms with Gasteiger partial charge in [0.1, 0.15) is 0 Å². The largest absolute Gasteiger partial charge is 0.282 e. The molecule has 1 saturated carbocycles. The van der Waals surface area contributed by atoms with E-state index in [1.54, 1.807) is 0 Å². The van der Waals surface area contributed by atoms with Gasteiger partial charge in [0.15, 0.2) is 0 Å². The lowest BCUT2D eigenvalue weighted by Gasteiger charge is -2.17. The minimum absolute atomic E-state index is 0.602. The van der Waals surface area contributed by atoms with Gasteiger partial charge in [-0.1, -0.05) is 48.7 Å². The molecule has 3 aromatic rings. The van der Waals surface area contributed by atoms with Crippen molar-refractivity contribution in [3.8, 4) is 0 Å². The average Bonchev–Trinajstić information content (AvgIpc) is 3.39. The third-order valence-corrected chi connectivity index (χ3v) is 6.78. The molecule has 0 bridgehead atoms. The SMILES string of the molecule is Cc1[nH]nc2c1CCc1ccc(C3CCCC3)cc1C(c1ccc(Cl)cc1)=NC2. The van der Waals surface area contributed by atoms with Gasteiger partial charge in [-0.2, -0.15) is 5.10 Å². The van der Waals surface area contributed by atoms with Crippen molar-refractivity contribution in [1.82, 2.24) is 10.2 Å². The highest BCUT2D eigenvalue weighted by Crippen LogP contribution is 2.36. The standard InChI is InChI=1S/C25H26ClN3/c1-16-22-13-10-18-6-7-20(17-4-2-3-5-17)14-23(18)25(27-15-24(22)29-28-16)19-8-11-21(26)12-9-19/h6-9,11-12,14,17H,2-5,10,13,15H2,1H3,(H,28,29). The number of benzene rings is 2. The molecule has 0 radical (unpaired) electrons. The quantitative estimate of drug-likeness (QED) is 0.546. The first-order valence-electron chi connectivity index (χ1n) is 10.7. The number of fused-ring (bicyclic) bond motifs is 2. The van der Waals surface area contributed by atoms with Crippen LogP contribution in [0.4, 0.5) is 0 Å². The monoisotopic (exact) mass is 403 g/mol. The molecule has 1 fully saturated rings. The molecule has 2 heterocycles. The van der Waals surface area contributed by atoms with Crippen LogP contribution in [0.25, 0.3) is 0 Å². The highest BCUT2D eigenvalue weighted by atomic mass is 35.5. The number of aromatic nitrogens is 2.